The minimum Gasteiger partial charge on any atom is -0.342 e. The molecule has 1 aliphatic rings. The first-order valence-corrected chi connectivity index (χ1v) is 6.83. The van der Waals surface area contributed by atoms with E-state index in [1.54, 1.807) is 12.1 Å². The summed E-state index contributed by atoms with van der Waals surface area (Å²) in [6.07, 6.45) is 1.94. The predicted molar refractivity (Wildman–Crippen MR) is 78.8 cm³/mol. The molecule has 0 saturated carbocycles. The molecule has 0 aliphatic carbocycles. The van der Waals surface area contributed by atoms with E-state index in [9.17, 15) is 9.18 Å². The van der Waals surface area contributed by atoms with Crippen molar-refractivity contribution in [2.75, 3.05) is 13.1 Å². The molecular formula is C13H17BrClFN2O. The molecule has 0 radical (unpaired) electrons. The lowest BCUT2D eigenvalue weighted by Crippen LogP contribution is -2.43. The number of rotatable bonds is 2. The van der Waals surface area contributed by atoms with Crippen molar-refractivity contribution >= 4 is 34.2 Å². The van der Waals surface area contributed by atoms with Gasteiger partial charge >= 0.3 is 0 Å². The molecule has 1 amide bonds. The Morgan fingerprint density at radius 3 is 2.63 bits per heavy atom. The summed E-state index contributed by atoms with van der Waals surface area (Å²) in [6, 6.07) is 5.00. The van der Waals surface area contributed by atoms with Crippen LogP contribution >= 0.6 is 28.3 Å². The van der Waals surface area contributed by atoms with Crippen LogP contribution in [0.3, 0.4) is 0 Å². The first-order valence-electron chi connectivity index (χ1n) is 6.03. The molecule has 6 heteroatoms. The average Bonchev–Trinajstić information content (AvgIpc) is 2.34. The number of hydrogen-bond acceptors (Lipinski definition) is 2. The minimum absolute atomic E-state index is 0. The number of piperidine rings is 1. The molecule has 0 bridgehead atoms. The van der Waals surface area contributed by atoms with Gasteiger partial charge in [-0.1, -0.05) is 6.07 Å². The number of carbonyl (C=O) groups is 1. The summed E-state index contributed by atoms with van der Waals surface area (Å²) >= 11 is 3.09. The highest BCUT2D eigenvalue weighted by molar-refractivity contribution is 9.10. The van der Waals surface area contributed by atoms with E-state index < -0.39 is 0 Å². The molecule has 1 fully saturated rings. The first kappa shape index (κ1) is 16.4. The van der Waals surface area contributed by atoms with Gasteiger partial charge in [0, 0.05) is 19.1 Å². The molecule has 1 aromatic rings. The van der Waals surface area contributed by atoms with E-state index in [0.29, 0.717) is 23.1 Å². The van der Waals surface area contributed by atoms with Crippen LogP contribution < -0.4 is 5.73 Å². The van der Waals surface area contributed by atoms with E-state index in [2.05, 4.69) is 15.9 Å². The quantitative estimate of drug-likeness (QED) is 0.890. The number of hydrogen-bond donors (Lipinski definition) is 1. The lowest BCUT2D eigenvalue weighted by Gasteiger charge is -2.30. The number of amides is 1. The molecule has 106 valence electrons. The van der Waals surface area contributed by atoms with Crippen molar-refractivity contribution in [2.24, 2.45) is 5.73 Å². The zero-order chi connectivity index (χ0) is 13.1. The van der Waals surface area contributed by atoms with Crippen molar-refractivity contribution in [3.8, 4) is 0 Å². The van der Waals surface area contributed by atoms with Crippen LogP contribution in [0.4, 0.5) is 4.39 Å². The van der Waals surface area contributed by atoms with Gasteiger partial charge in [-0.2, -0.15) is 0 Å². The van der Waals surface area contributed by atoms with Gasteiger partial charge < -0.3 is 10.6 Å². The molecule has 1 heterocycles. The van der Waals surface area contributed by atoms with Crippen LogP contribution in [0.5, 0.6) is 0 Å². The van der Waals surface area contributed by atoms with E-state index in [1.165, 1.54) is 6.07 Å². The minimum atomic E-state index is -0.332. The Kier molecular flexibility index (Phi) is 6.23. The summed E-state index contributed by atoms with van der Waals surface area (Å²) in [5.41, 5.74) is 6.50. The fourth-order valence-corrected chi connectivity index (χ4v) is 2.33. The van der Waals surface area contributed by atoms with Crippen LogP contribution in [0.25, 0.3) is 0 Å². The number of halogens is 3. The third-order valence-electron chi connectivity index (χ3n) is 3.23. The van der Waals surface area contributed by atoms with Crippen molar-refractivity contribution in [2.45, 2.75) is 25.3 Å². The Balaban J connectivity index is 0.00000180. The third-order valence-corrected chi connectivity index (χ3v) is 3.87. The Bertz CT molecular complexity index is 450. The topological polar surface area (TPSA) is 46.3 Å². The maximum absolute atomic E-state index is 13.3. The highest BCUT2D eigenvalue weighted by Crippen LogP contribution is 2.17. The highest BCUT2D eigenvalue weighted by atomic mass is 79.9. The van der Waals surface area contributed by atoms with Gasteiger partial charge in [0.25, 0.3) is 0 Å². The lowest BCUT2D eigenvalue weighted by atomic mass is 10.0. The monoisotopic (exact) mass is 350 g/mol. The first-order chi connectivity index (χ1) is 8.56. The molecule has 0 unspecified atom stereocenters. The molecule has 0 atom stereocenters. The van der Waals surface area contributed by atoms with Crippen molar-refractivity contribution in [3.63, 3.8) is 0 Å². The average molecular weight is 352 g/mol. The van der Waals surface area contributed by atoms with E-state index in [4.69, 9.17) is 5.73 Å². The van der Waals surface area contributed by atoms with E-state index in [0.717, 1.165) is 12.8 Å². The molecular weight excluding hydrogens is 335 g/mol. The van der Waals surface area contributed by atoms with Crippen LogP contribution in [-0.2, 0) is 11.2 Å². The molecule has 2 rings (SSSR count). The van der Waals surface area contributed by atoms with Gasteiger partial charge in [-0.05, 0) is 46.5 Å². The van der Waals surface area contributed by atoms with E-state index in [1.807, 2.05) is 4.90 Å². The standard InChI is InChI=1S/C13H16BrFN2O.ClH/c14-11-2-1-9(7-12(11)15)8-13(18)17-5-3-10(16)4-6-17;/h1-2,7,10H,3-6,8,16H2;1H. The van der Waals surface area contributed by atoms with Crippen LogP contribution in [0.1, 0.15) is 18.4 Å². The number of benzene rings is 1. The number of nitrogens with zero attached hydrogens (tertiary/aromatic N) is 1. The number of likely N-dealkylation sites (tertiary alicyclic amines) is 1. The van der Waals surface area contributed by atoms with Gasteiger partial charge in [0.05, 0.1) is 10.9 Å². The second-order valence-electron chi connectivity index (χ2n) is 4.64. The Morgan fingerprint density at radius 2 is 2.05 bits per heavy atom. The highest BCUT2D eigenvalue weighted by Gasteiger charge is 2.20. The zero-order valence-electron chi connectivity index (χ0n) is 10.4. The second-order valence-corrected chi connectivity index (χ2v) is 5.50. The summed E-state index contributed by atoms with van der Waals surface area (Å²) in [4.78, 5) is 13.8. The molecule has 1 saturated heterocycles. The third kappa shape index (κ3) is 4.44. The molecule has 0 spiro atoms. The summed E-state index contributed by atoms with van der Waals surface area (Å²) < 4.78 is 13.8. The maximum Gasteiger partial charge on any atom is 0.226 e. The van der Waals surface area contributed by atoms with Gasteiger partial charge in [0.2, 0.25) is 5.91 Å². The van der Waals surface area contributed by atoms with Gasteiger partial charge in [0.15, 0.2) is 0 Å². The Morgan fingerprint density at radius 1 is 1.42 bits per heavy atom. The summed E-state index contributed by atoms with van der Waals surface area (Å²) in [5, 5.41) is 0. The van der Waals surface area contributed by atoms with Crippen molar-refractivity contribution < 1.29 is 9.18 Å². The van der Waals surface area contributed by atoms with E-state index >= 15 is 0 Å². The Hall–Kier alpha value is -0.650. The van der Waals surface area contributed by atoms with Crippen molar-refractivity contribution in [1.82, 2.24) is 4.90 Å². The second kappa shape index (κ2) is 7.22. The SMILES string of the molecule is Cl.NC1CCN(C(=O)Cc2ccc(Br)c(F)c2)CC1. The maximum atomic E-state index is 13.3. The van der Waals surface area contributed by atoms with Crippen LogP contribution in [0, 0.1) is 5.82 Å². The fourth-order valence-electron chi connectivity index (χ4n) is 2.08. The summed E-state index contributed by atoms with van der Waals surface area (Å²) in [5.74, 6) is -0.287. The van der Waals surface area contributed by atoms with Crippen LogP contribution in [0.15, 0.2) is 22.7 Å². The smallest absolute Gasteiger partial charge is 0.226 e. The molecule has 3 nitrogen and oxygen atoms in total. The number of carbonyl (C=O) groups excluding carboxylic acids is 1. The largest absolute Gasteiger partial charge is 0.342 e. The normalized spacial score (nSPS) is 16.1. The van der Waals surface area contributed by atoms with Crippen molar-refractivity contribution in [3.05, 3.63) is 34.1 Å². The summed E-state index contributed by atoms with van der Waals surface area (Å²) in [6.45, 7) is 1.41. The Labute approximate surface area is 126 Å². The van der Waals surface area contributed by atoms with Crippen LogP contribution in [-0.4, -0.2) is 29.9 Å². The zero-order valence-corrected chi connectivity index (χ0v) is 12.8. The van der Waals surface area contributed by atoms with Crippen molar-refractivity contribution in [1.29, 1.82) is 0 Å². The number of nitrogens with two attached hydrogens (primary N) is 1. The van der Waals surface area contributed by atoms with Gasteiger partial charge in [-0.15, -0.1) is 12.4 Å². The van der Waals surface area contributed by atoms with E-state index in [-0.39, 0.29) is 36.6 Å². The van der Waals surface area contributed by atoms with Gasteiger partial charge in [-0.25, -0.2) is 4.39 Å². The molecule has 0 aromatic heterocycles. The summed E-state index contributed by atoms with van der Waals surface area (Å²) in [7, 11) is 0. The molecule has 19 heavy (non-hydrogen) atoms. The molecule has 1 aliphatic heterocycles. The predicted octanol–water partition coefficient (Wildman–Crippen LogP) is 2.50. The lowest BCUT2D eigenvalue weighted by molar-refractivity contribution is -0.131. The van der Waals surface area contributed by atoms with Gasteiger partial charge in [0.1, 0.15) is 5.82 Å². The van der Waals surface area contributed by atoms with Gasteiger partial charge in [-0.3, -0.25) is 4.79 Å². The molecule has 1 aromatic carbocycles. The molecule has 2 N–H and O–H groups in total. The fraction of sp³-hybridized carbons (Fsp3) is 0.462. The van der Waals surface area contributed by atoms with Crippen LogP contribution in [0.2, 0.25) is 0 Å².